The molecule has 0 saturated heterocycles. The van der Waals surface area contributed by atoms with Gasteiger partial charge < -0.3 is 9.64 Å². The summed E-state index contributed by atoms with van der Waals surface area (Å²) in [6.07, 6.45) is 6.34. The summed E-state index contributed by atoms with van der Waals surface area (Å²) in [6, 6.07) is 6.39. The summed E-state index contributed by atoms with van der Waals surface area (Å²) in [5, 5.41) is 11.1. The van der Waals surface area contributed by atoms with Crippen LogP contribution in [0.5, 0.6) is 0 Å². The molecule has 2 atom stereocenters. The maximum Gasteiger partial charge on any atom is 0.410 e. The highest BCUT2D eigenvalue weighted by Gasteiger charge is 2.22. The van der Waals surface area contributed by atoms with Gasteiger partial charge >= 0.3 is 6.09 Å². The second-order valence-corrected chi connectivity index (χ2v) is 7.84. The van der Waals surface area contributed by atoms with Crippen molar-refractivity contribution < 1.29 is 14.5 Å². The number of nitrogens with zero attached hydrogens (tertiary/aromatic N) is 2. The molecule has 2 unspecified atom stereocenters. The van der Waals surface area contributed by atoms with E-state index >= 15 is 0 Å². The normalized spacial score (nSPS) is 13.0. The third-order valence-corrected chi connectivity index (χ3v) is 4.96. The zero-order valence-corrected chi connectivity index (χ0v) is 17.9. The Labute approximate surface area is 169 Å². The fourth-order valence-electron chi connectivity index (χ4n) is 3.31. The highest BCUT2D eigenvalue weighted by Crippen LogP contribution is 2.20. The van der Waals surface area contributed by atoms with Crippen LogP contribution in [0.1, 0.15) is 71.8 Å². The Morgan fingerprint density at radius 2 is 1.61 bits per heavy atom. The number of rotatable bonds is 13. The van der Waals surface area contributed by atoms with E-state index in [4.69, 9.17) is 4.74 Å². The minimum absolute atomic E-state index is 0.0190. The van der Waals surface area contributed by atoms with Crippen LogP contribution >= 0.6 is 0 Å². The molecule has 0 aliphatic heterocycles. The van der Waals surface area contributed by atoms with Crippen molar-refractivity contribution in [1.82, 2.24) is 4.90 Å². The number of para-hydroxylation sites is 1. The van der Waals surface area contributed by atoms with Gasteiger partial charge in [0.15, 0.2) is 0 Å². The van der Waals surface area contributed by atoms with E-state index in [-0.39, 0.29) is 18.4 Å². The number of carbonyl (C=O) groups is 1. The zero-order valence-electron chi connectivity index (χ0n) is 17.9. The van der Waals surface area contributed by atoms with Gasteiger partial charge in [-0.25, -0.2) is 4.79 Å². The number of unbranched alkanes of at least 4 members (excludes halogenated alkanes) is 2. The van der Waals surface area contributed by atoms with E-state index < -0.39 is 4.92 Å². The van der Waals surface area contributed by atoms with Crippen LogP contribution in [-0.4, -0.2) is 29.0 Å². The Balaban J connectivity index is 2.75. The first-order chi connectivity index (χ1) is 13.4. The minimum atomic E-state index is -0.444. The van der Waals surface area contributed by atoms with E-state index in [2.05, 4.69) is 27.7 Å². The van der Waals surface area contributed by atoms with Crippen molar-refractivity contribution in [2.45, 2.75) is 72.8 Å². The lowest BCUT2D eigenvalue weighted by atomic mass is 10.0. The van der Waals surface area contributed by atoms with Crippen LogP contribution in [0, 0.1) is 22.0 Å². The van der Waals surface area contributed by atoms with Gasteiger partial charge in [0.25, 0.3) is 5.69 Å². The first kappa shape index (κ1) is 23.9. The summed E-state index contributed by atoms with van der Waals surface area (Å²) < 4.78 is 5.47. The number of benzene rings is 1. The lowest BCUT2D eigenvalue weighted by molar-refractivity contribution is -0.385. The summed E-state index contributed by atoms with van der Waals surface area (Å²) in [6.45, 7) is 9.89. The highest BCUT2D eigenvalue weighted by molar-refractivity contribution is 5.67. The molecule has 158 valence electrons. The van der Waals surface area contributed by atoms with E-state index in [1.54, 1.807) is 23.1 Å². The van der Waals surface area contributed by atoms with Crippen molar-refractivity contribution in [1.29, 1.82) is 0 Å². The number of hydrogen-bond donors (Lipinski definition) is 0. The first-order valence-electron chi connectivity index (χ1n) is 10.5. The predicted molar refractivity (Wildman–Crippen MR) is 112 cm³/mol. The first-order valence-corrected chi connectivity index (χ1v) is 10.5. The average Bonchev–Trinajstić information content (AvgIpc) is 2.68. The molecule has 28 heavy (non-hydrogen) atoms. The molecule has 0 aliphatic carbocycles. The van der Waals surface area contributed by atoms with E-state index in [1.807, 2.05) is 0 Å². The fourth-order valence-corrected chi connectivity index (χ4v) is 3.31. The molecule has 6 heteroatoms. The Kier molecular flexibility index (Phi) is 11.2. The quantitative estimate of drug-likeness (QED) is 0.296. The molecular weight excluding hydrogens is 356 g/mol. The number of nitro benzene ring substituents is 1. The molecule has 1 aromatic rings. The van der Waals surface area contributed by atoms with Crippen molar-refractivity contribution in [2.75, 3.05) is 13.1 Å². The monoisotopic (exact) mass is 392 g/mol. The van der Waals surface area contributed by atoms with Crippen LogP contribution in [0.2, 0.25) is 0 Å². The van der Waals surface area contributed by atoms with E-state index in [0.29, 0.717) is 30.5 Å². The molecule has 0 aliphatic rings. The predicted octanol–water partition coefficient (Wildman–Crippen LogP) is 6.19. The second-order valence-electron chi connectivity index (χ2n) is 7.84. The number of hydrogen-bond acceptors (Lipinski definition) is 4. The maximum atomic E-state index is 12.8. The van der Waals surface area contributed by atoms with Crippen molar-refractivity contribution in [2.24, 2.45) is 11.8 Å². The van der Waals surface area contributed by atoms with Crippen LogP contribution in [0.25, 0.3) is 0 Å². The van der Waals surface area contributed by atoms with Gasteiger partial charge in [0.05, 0.1) is 10.5 Å². The number of ether oxygens (including phenoxy) is 1. The molecule has 0 aromatic heterocycles. The molecule has 0 spiro atoms. The average molecular weight is 393 g/mol. The van der Waals surface area contributed by atoms with Crippen LogP contribution in [-0.2, 0) is 11.3 Å². The van der Waals surface area contributed by atoms with E-state index in [9.17, 15) is 14.9 Å². The van der Waals surface area contributed by atoms with Crippen LogP contribution in [0.4, 0.5) is 10.5 Å². The molecule has 0 bridgehead atoms. The third kappa shape index (κ3) is 8.72. The summed E-state index contributed by atoms with van der Waals surface area (Å²) in [5.41, 5.74) is 0.397. The van der Waals surface area contributed by atoms with Gasteiger partial charge in [0, 0.05) is 19.2 Å². The Hall–Kier alpha value is -2.11. The van der Waals surface area contributed by atoms with Crippen molar-refractivity contribution >= 4 is 11.8 Å². The summed E-state index contributed by atoms with van der Waals surface area (Å²) in [4.78, 5) is 25.2. The van der Waals surface area contributed by atoms with Crippen molar-refractivity contribution in [3.05, 3.63) is 39.9 Å². The lowest BCUT2D eigenvalue weighted by Gasteiger charge is -2.28. The second kappa shape index (κ2) is 13.1. The minimum Gasteiger partial charge on any atom is -0.444 e. The Bertz CT molecular complexity index is 590. The Morgan fingerprint density at radius 1 is 1.07 bits per heavy atom. The molecule has 6 nitrogen and oxygen atoms in total. The lowest BCUT2D eigenvalue weighted by Crippen LogP contribution is -2.38. The van der Waals surface area contributed by atoms with Gasteiger partial charge in [0.2, 0.25) is 0 Å². The van der Waals surface area contributed by atoms with Crippen LogP contribution in [0.3, 0.4) is 0 Å². The van der Waals surface area contributed by atoms with E-state index in [0.717, 1.165) is 38.5 Å². The highest BCUT2D eigenvalue weighted by atomic mass is 16.6. The van der Waals surface area contributed by atoms with Crippen molar-refractivity contribution in [3.63, 3.8) is 0 Å². The summed E-state index contributed by atoms with van der Waals surface area (Å²) in [7, 11) is 0. The summed E-state index contributed by atoms with van der Waals surface area (Å²) in [5.74, 6) is 0.800. The molecule has 0 radical (unpaired) electrons. The topological polar surface area (TPSA) is 72.7 Å². The molecule has 1 rings (SSSR count). The Morgan fingerprint density at radius 3 is 2.11 bits per heavy atom. The molecule has 0 saturated carbocycles. The number of amides is 1. The molecular formula is C22H36N2O4. The molecule has 1 amide bonds. The third-order valence-electron chi connectivity index (χ3n) is 4.96. The van der Waals surface area contributed by atoms with E-state index in [1.165, 1.54) is 6.07 Å². The zero-order chi connectivity index (χ0) is 20.9. The van der Waals surface area contributed by atoms with Gasteiger partial charge in [-0.05, 0) is 30.7 Å². The van der Waals surface area contributed by atoms with Crippen LogP contribution < -0.4 is 0 Å². The molecule has 0 heterocycles. The fraction of sp³-hybridized carbons (Fsp3) is 0.682. The largest absolute Gasteiger partial charge is 0.444 e. The molecule has 1 aromatic carbocycles. The van der Waals surface area contributed by atoms with Gasteiger partial charge in [-0.1, -0.05) is 65.5 Å². The smallest absolute Gasteiger partial charge is 0.410 e. The maximum absolute atomic E-state index is 12.8. The van der Waals surface area contributed by atoms with Crippen LogP contribution in [0.15, 0.2) is 24.3 Å². The standard InChI is InChI=1S/C22H36N2O4/c1-5-7-11-18(3)15-23(16-19(4)12-8-6-2)22(25)28-17-20-13-9-10-14-21(20)24(26)27/h9-10,13-14,18-19H,5-8,11-12,15-17H2,1-4H3. The van der Waals surface area contributed by atoms with Gasteiger partial charge in [-0.15, -0.1) is 0 Å². The number of nitro groups is 1. The van der Waals surface area contributed by atoms with Crippen molar-refractivity contribution in [3.8, 4) is 0 Å². The number of carbonyl (C=O) groups excluding carboxylic acids is 1. The summed E-state index contributed by atoms with van der Waals surface area (Å²) >= 11 is 0. The molecule has 0 fully saturated rings. The van der Waals surface area contributed by atoms with Gasteiger partial charge in [0.1, 0.15) is 6.61 Å². The SMILES string of the molecule is CCCCC(C)CN(CC(C)CCCC)C(=O)OCc1ccccc1[N+](=O)[O-]. The van der Waals surface area contributed by atoms with Gasteiger partial charge in [-0.2, -0.15) is 0 Å². The molecule has 0 N–H and O–H groups in total. The van der Waals surface area contributed by atoms with Gasteiger partial charge in [-0.3, -0.25) is 10.1 Å².